The van der Waals surface area contributed by atoms with Crippen molar-refractivity contribution in [3.63, 3.8) is 0 Å². The van der Waals surface area contributed by atoms with E-state index in [1.807, 2.05) is 24.3 Å². The number of benzene rings is 2. The van der Waals surface area contributed by atoms with Gasteiger partial charge in [0.05, 0.1) is 24.8 Å². The fourth-order valence-electron chi connectivity index (χ4n) is 2.34. The second-order valence-corrected chi connectivity index (χ2v) is 5.18. The molecule has 1 atom stereocenters. The van der Waals surface area contributed by atoms with Crippen molar-refractivity contribution in [1.29, 1.82) is 0 Å². The number of methoxy groups -OCH3 is 1. The zero-order chi connectivity index (χ0) is 16.8. The highest BCUT2D eigenvalue weighted by molar-refractivity contribution is 5.89. The molecule has 0 aromatic heterocycles. The molecule has 0 amide bonds. The minimum Gasteiger partial charge on any atom is -0.465 e. The van der Waals surface area contributed by atoms with Crippen molar-refractivity contribution < 1.29 is 19.1 Å². The molecular weight excluding hydrogens is 292 g/mol. The highest BCUT2D eigenvalue weighted by Gasteiger charge is 2.12. The van der Waals surface area contributed by atoms with Crippen molar-refractivity contribution >= 4 is 11.9 Å². The van der Waals surface area contributed by atoms with Gasteiger partial charge >= 0.3 is 11.9 Å². The molecule has 23 heavy (non-hydrogen) atoms. The summed E-state index contributed by atoms with van der Waals surface area (Å²) in [5, 5.41) is 0. The van der Waals surface area contributed by atoms with E-state index < -0.39 is 0 Å². The monoisotopic (exact) mass is 312 g/mol. The molecule has 0 heterocycles. The van der Waals surface area contributed by atoms with Crippen molar-refractivity contribution in [2.45, 2.75) is 19.8 Å². The molecule has 0 N–H and O–H groups in total. The summed E-state index contributed by atoms with van der Waals surface area (Å²) in [5.74, 6) is -0.505. The Balaban J connectivity index is 2.15. The Morgan fingerprint density at radius 1 is 0.870 bits per heavy atom. The van der Waals surface area contributed by atoms with Crippen molar-refractivity contribution in [2.24, 2.45) is 0 Å². The molecule has 0 aliphatic rings. The SMILES string of the molecule is CCOC(=O)c1ccc(C(C)c2ccc(C(=O)OC)cc2)cc1. The van der Waals surface area contributed by atoms with E-state index in [2.05, 4.69) is 6.92 Å². The largest absolute Gasteiger partial charge is 0.465 e. The van der Waals surface area contributed by atoms with E-state index in [0.717, 1.165) is 11.1 Å². The van der Waals surface area contributed by atoms with Gasteiger partial charge in [-0.15, -0.1) is 0 Å². The van der Waals surface area contributed by atoms with E-state index in [0.29, 0.717) is 17.7 Å². The summed E-state index contributed by atoms with van der Waals surface area (Å²) in [6.07, 6.45) is 0. The lowest BCUT2D eigenvalue weighted by Crippen LogP contribution is -2.05. The average molecular weight is 312 g/mol. The van der Waals surface area contributed by atoms with E-state index in [9.17, 15) is 9.59 Å². The summed E-state index contributed by atoms with van der Waals surface area (Å²) in [7, 11) is 1.37. The van der Waals surface area contributed by atoms with Crippen LogP contribution in [0.1, 0.15) is 51.6 Å². The molecule has 4 heteroatoms. The third kappa shape index (κ3) is 3.97. The topological polar surface area (TPSA) is 52.6 Å². The second kappa shape index (κ2) is 7.58. The van der Waals surface area contributed by atoms with Crippen LogP contribution in [0.25, 0.3) is 0 Å². The van der Waals surface area contributed by atoms with Gasteiger partial charge in [-0.05, 0) is 42.3 Å². The van der Waals surface area contributed by atoms with Crippen LogP contribution in [-0.4, -0.2) is 25.7 Å². The number of ether oxygens (including phenoxy) is 2. The molecule has 1 unspecified atom stereocenters. The van der Waals surface area contributed by atoms with Gasteiger partial charge in [-0.25, -0.2) is 9.59 Å². The van der Waals surface area contributed by atoms with Gasteiger partial charge in [-0.1, -0.05) is 31.2 Å². The highest BCUT2D eigenvalue weighted by atomic mass is 16.5. The molecular formula is C19H20O4. The molecule has 2 rings (SSSR count). The van der Waals surface area contributed by atoms with Crippen LogP contribution in [0.3, 0.4) is 0 Å². The Kier molecular flexibility index (Phi) is 5.52. The van der Waals surface area contributed by atoms with Crippen LogP contribution in [0.15, 0.2) is 48.5 Å². The lowest BCUT2D eigenvalue weighted by Gasteiger charge is -2.13. The Labute approximate surface area is 136 Å². The molecule has 2 aromatic carbocycles. The summed E-state index contributed by atoms with van der Waals surface area (Å²) in [5.41, 5.74) is 3.25. The van der Waals surface area contributed by atoms with Gasteiger partial charge in [-0.2, -0.15) is 0 Å². The summed E-state index contributed by atoms with van der Waals surface area (Å²) in [4.78, 5) is 23.1. The minimum atomic E-state index is -0.344. The summed E-state index contributed by atoms with van der Waals surface area (Å²) in [6, 6.07) is 14.7. The Bertz CT molecular complexity index is 672. The second-order valence-electron chi connectivity index (χ2n) is 5.18. The van der Waals surface area contributed by atoms with E-state index in [1.165, 1.54) is 7.11 Å². The molecule has 0 saturated carbocycles. The fraction of sp³-hybridized carbons (Fsp3) is 0.263. The number of hydrogen-bond acceptors (Lipinski definition) is 4. The zero-order valence-corrected chi connectivity index (χ0v) is 13.5. The Hall–Kier alpha value is -2.62. The maximum Gasteiger partial charge on any atom is 0.338 e. The molecule has 0 fully saturated rings. The first-order valence-electron chi connectivity index (χ1n) is 7.52. The highest BCUT2D eigenvalue weighted by Crippen LogP contribution is 2.25. The smallest absolute Gasteiger partial charge is 0.338 e. The van der Waals surface area contributed by atoms with Gasteiger partial charge in [0.1, 0.15) is 0 Å². The minimum absolute atomic E-state index is 0.151. The van der Waals surface area contributed by atoms with E-state index >= 15 is 0 Å². The van der Waals surface area contributed by atoms with Crippen LogP contribution in [0.2, 0.25) is 0 Å². The lowest BCUT2D eigenvalue weighted by atomic mass is 9.92. The quantitative estimate of drug-likeness (QED) is 0.788. The van der Waals surface area contributed by atoms with Gasteiger partial charge in [0.15, 0.2) is 0 Å². The number of rotatable bonds is 5. The number of carbonyl (C=O) groups is 2. The van der Waals surface area contributed by atoms with E-state index in [1.54, 1.807) is 31.2 Å². The average Bonchev–Trinajstić information content (AvgIpc) is 2.61. The van der Waals surface area contributed by atoms with Crippen LogP contribution in [0.5, 0.6) is 0 Å². The summed E-state index contributed by atoms with van der Waals surface area (Å²) in [6.45, 7) is 4.22. The Morgan fingerprint density at radius 3 is 1.70 bits per heavy atom. The summed E-state index contributed by atoms with van der Waals surface area (Å²) >= 11 is 0. The lowest BCUT2D eigenvalue weighted by molar-refractivity contribution is 0.0525. The zero-order valence-electron chi connectivity index (χ0n) is 13.5. The third-order valence-corrected chi connectivity index (χ3v) is 3.75. The van der Waals surface area contributed by atoms with E-state index in [4.69, 9.17) is 9.47 Å². The molecule has 0 radical (unpaired) electrons. The molecule has 0 saturated heterocycles. The van der Waals surface area contributed by atoms with Gasteiger partial charge in [0, 0.05) is 5.92 Å². The fourth-order valence-corrected chi connectivity index (χ4v) is 2.34. The van der Waals surface area contributed by atoms with Crippen LogP contribution < -0.4 is 0 Å². The standard InChI is InChI=1S/C19H20O4/c1-4-23-19(21)17-11-7-15(8-12-17)13(2)14-5-9-16(10-6-14)18(20)22-3/h5-13H,4H2,1-3H3. The van der Waals surface area contributed by atoms with Crippen LogP contribution >= 0.6 is 0 Å². The van der Waals surface area contributed by atoms with Gasteiger partial charge in [-0.3, -0.25) is 0 Å². The predicted octanol–water partition coefficient (Wildman–Crippen LogP) is 3.80. The molecule has 0 bridgehead atoms. The molecule has 0 aliphatic heterocycles. The molecule has 120 valence electrons. The van der Waals surface area contributed by atoms with Crippen molar-refractivity contribution in [2.75, 3.05) is 13.7 Å². The van der Waals surface area contributed by atoms with Crippen LogP contribution in [-0.2, 0) is 9.47 Å². The first-order valence-corrected chi connectivity index (χ1v) is 7.52. The molecule has 2 aromatic rings. The third-order valence-electron chi connectivity index (χ3n) is 3.75. The first kappa shape index (κ1) is 16.7. The summed E-state index contributed by atoms with van der Waals surface area (Å²) < 4.78 is 9.67. The normalized spacial score (nSPS) is 11.6. The number of carbonyl (C=O) groups excluding carboxylic acids is 2. The maximum atomic E-state index is 11.7. The molecule has 4 nitrogen and oxygen atoms in total. The van der Waals surface area contributed by atoms with Crippen LogP contribution in [0, 0.1) is 0 Å². The molecule has 0 aliphatic carbocycles. The van der Waals surface area contributed by atoms with Crippen molar-refractivity contribution in [3.8, 4) is 0 Å². The number of hydrogen-bond donors (Lipinski definition) is 0. The van der Waals surface area contributed by atoms with Crippen molar-refractivity contribution in [1.82, 2.24) is 0 Å². The van der Waals surface area contributed by atoms with Crippen molar-refractivity contribution in [3.05, 3.63) is 70.8 Å². The van der Waals surface area contributed by atoms with Gasteiger partial charge in [0.2, 0.25) is 0 Å². The van der Waals surface area contributed by atoms with Gasteiger partial charge < -0.3 is 9.47 Å². The van der Waals surface area contributed by atoms with E-state index in [-0.39, 0.29) is 17.9 Å². The van der Waals surface area contributed by atoms with Gasteiger partial charge in [0.25, 0.3) is 0 Å². The van der Waals surface area contributed by atoms with Crippen LogP contribution in [0.4, 0.5) is 0 Å². The number of esters is 2. The molecule has 0 spiro atoms. The predicted molar refractivity (Wildman–Crippen MR) is 87.7 cm³/mol. The maximum absolute atomic E-state index is 11.7. The Morgan fingerprint density at radius 2 is 1.30 bits per heavy atom. The first-order chi connectivity index (χ1) is 11.1.